The lowest BCUT2D eigenvalue weighted by atomic mass is 9.69. The Balaban J connectivity index is 1.78. The highest BCUT2D eigenvalue weighted by molar-refractivity contribution is 5.48. The summed E-state index contributed by atoms with van der Waals surface area (Å²) in [5.74, 6) is 1.80. The Morgan fingerprint density at radius 3 is 2.32 bits per heavy atom. The fourth-order valence-corrected chi connectivity index (χ4v) is 4.31. The van der Waals surface area contributed by atoms with Crippen LogP contribution in [-0.4, -0.2) is 13.2 Å². The summed E-state index contributed by atoms with van der Waals surface area (Å²) in [4.78, 5) is 0. The Morgan fingerprint density at radius 1 is 1.16 bits per heavy atom. The molecule has 2 fully saturated rings. The lowest BCUT2D eigenvalue weighted by Gasteiger charge is -2.40. The Kier molecular flexibility index (Phi) is 2.81. The molecule has 0 radical (unpaired) electrons. The van der Waals surface area contributed by atoms with Crippen molar-refractivity contribution in [1.82, 2.24) is 0 Å². The van der Waals surface area contributed by atoms with Crippen LogP contribution in [0.4, 0.5) is 5.69 Å². The van der Waals surface area contributed by atoms with Gasteiger partial charge < -0.3 is 10.1 Å². The number of methoxy groups -OCH3 is 1. The van der Waals surface area contributed by atoms with E-state index in [0.717, 1.165) is 11.7 Å². The van der Waals surface area contributed by atoms with Crippen molar-refractivity contribution in [2.75, 3.05) is 12.4 Å². The minimum absolute atomic E-state index is 0.428. The fourth-order valence-electron chi connectivity index (χ4n) is 4.31. The minimum atomic E-state index is 0.428. The summed E-state index contributed by atoms with van der Waals surface area (Å²) < 4.78 is 5.21. The number of hydrogen-bond acceptors (Lipinski definition) is 2. The Morgan fingerprint density at radius 2 is 1.84 bits per heavy atom. The van der Waals surface area contributed by atoms with E-state index in [-0.39, 0.29) is 0 Å². The number of hydrogen-bond donors (Lipinski definition) is 1. The zero-order valence-electron chi connectivity index (χ0n) is 12.5. The molecule has 2 aliphatic carbocycles. The molecular formula is C17H25NO. The summed E-state index contributed by atoms with van der Waals surface area (Å²) in [5, 5.41) is 3.76. The Bertz CT molecular complexity index is 465. The molecule has 2 nitrogen and oxygen atoms in total. The summed E-state index contributed by atoms with van der Waals surface area (Å²) in [6.07, 6.45) is 4.08. The van der Waals surface area contributed by atoms with Gasteiger partial charge in [0.2, 0.25) is 0 Å². The molecule has 1 N–H and O–H groups in total. The minimum Gasteiger partial charge on any atom is -0.497 e. The van der Waals surface area contributed by atoms with Crippen molar-refractivity contribution in [3.05, 3.63) is 24.3 Å². The second-order valence-electron chi connectivity index (χ2n) is 7.04. The van der Waals surface area contributed by atoms with Gasteiger partial charge in [-0.25, -0.2) is 0 Å². The van der Waals surface area contributed by atoms with Crippen molar-refractivity contribution in [3.63, 3.8) is 0 Å². The maximum atomic E-state index is 5.21. The second-order valence-corrected chi connectivity index (χ2v) is 7.04. The van der Waals surface area contributed by atoms with Crippen molar-refractivity contribution < 1.29 is 4.74 Å². The molecule has 0 aliphatic heterocycles. The summed E-state index contributed by atoms with van der Waals surface area (Å²) in [7, 11) is 1.71. The van der Waals surface area contributed by atoms with Gasteiger partial charge in [-0.3, -0.25) is 0 Å². The Hall–Kier alpha value is -1.18. The second kappa shape index (κ2) is 4.16. The van der Waals surface area contributed by atoms with Gasteiger partial charge in [-0.15, -0.1) is 0 Å². The lowest BCUT2D eigenvalue weighted by molar-refractivity contribution is 0.142. The normalized spacial score (nSPS) is 35.4. The monoisotopic (exact) mass is 259 g/mol. The zero-order chi connectivity index (χ0) is 13.7. The van der Waals surface area contributed by atoms with E-state index in [4.69, 9.17) is 4.74 Å². The van der Waals surface area contributed by atoms with Crippen molar-refractivity contribution in [1.29, 1.82) is 0 Å². The molecule has 0 amide bonds. The SMILES string of the molecule is COc1ccc(NC2CC3CCC2(C)C3(C)C)cc1. The molecule has 0 heterocycles. The lowest BCUT2D eigenvalue weighted by Crippen LogP contribution is -2.40. The summed E-state index contributed by atoms with van der Waals surface area (Å²) in [6.45, 7) is 7.39. The molecule has 3 atom stereocenters. The average molecular weight is 259 g/mol. The molecule has 2 heteroatoms. The highest BCUT2D eigenvalue weighted by Crippen LogP contribution is 2.65. The van der Waals surface area contributed by atoms with Crippen LogP contribution in [0.2, 0.25) is 0 Å². The van der Waals surface area contributed by atoms with Crippen molar-refractivity contribution in [3.8, 4) is 5.75 Å². The predicted molar refractivity (Wildman–Crippen MR) is 79.6 cm³/mol. The molecular weight excluding hydrogens is 234 g/mol. The first kappa shape index (κ1) is 12.8. The number of nitrogens with one attached hydrogen (secondary N) is 1. The molecule has 0 spiro atoms. The summed E-state index contributed by atoms with van der Waals surface area (Å²) in [5.41, 5.74) is 2.12. The van der Waals surface area contributed by atoms with Crippen LogP contribution < -0.4 is 10.1 Å². The number of ether oxygens (including phenoxy) is 1. The van der Waals surface area contributed by atoms with E-state index in [1.54, 1.807) is 7.11 Å². The molecule has 3 rings (SSSR count). The molecule has 3 unspecified atom stereocenters. The third-order valence-electron chi connectivity index (χ3n) is 6.22. The van der Waals surface area contributed by atoms with Gasteiger partial charge in [-0.1, -0.05) is 20.8 Å². The topological polar surface area (TPSA) is 21.3 Å². The molecule has 1 aromatic carbocycles. The van der Waals surface area contributed by atoms with Gasteiger partial charge >= 0.3 is 0 Å². The first-order chi connectivity index (χ1) is 8.97. The van der Waals surface area contributed by atoms with E-state index in [9.17, 15) is 0 Å². The highest BCUT2D eigenvalue weighted by Gasteiger charge is 2.61. The van der Waals surface area contributed by atoms with Gasteiger partial charge in [0.25, 0.3) is 0 Å². The quantitative estimate of drug-likeness (QED) is 0.872. The van der Waals surface area contributed by atoms with Crippen LogP contribution in [0.15, 0.2) is 24.3 Å². The molecule has 0 aromatic heterocycles. The van der Waals surface area contributed by atoms with Gasteiger partial charge in [0.05, 0.1) is 7.11 Å². The largest absolute Gasteiger partial charge is 0.497 e. The molecule has 2 saturated carbocycles. The van der Waals surface area contributed by atoms with E-state index >= 15 is 0 Å². The Labute approximate surface area is 116 Å². The number of anilines is 1. The predicted octanol–water partition coefficient (Wildman–Crippen LogP) is 4.32. The number of fused-ring (bicyclic) bond motifs is 2. The van der Waals surface area contributed by atoms with E-state index in [2.05, 4.69) is 38.2 Å². The standard InChI is InChI=1S/C17H25NO/c1-16(2)12-9-10-17(16,3)15(11-12)18-13-5-7-14(19-4)8-6-13/h5-8,12,15,18H,9-11H2,1-4H3. The highest BCUT2D eigenvalue weighted by atomic mass is 16.5. The molecule has 0 saturated heterocycles. The molecule has 1 aromatic rings. The zero-order valence-corrected chi connectivity index (χ0v) is 12.5. The van der Waals surface area contributed by atoms with Crippen LogP contribution in [0, 0.1) is 16.7 Å². The molecule has 2 aliphatic rings. The van der Waals surface area contributed by atoms with Gasteiger partial charge in [-0.2, -0.15) is 0 Å². The summed E-state index contributed by atoms with van der Waals surface area (Å²) >= 11 is 0. The third kappa shape index (κ3) is 1.76. The fraction of sp³-hybridized carbons (Fsp3) is 0.647. The van der Waals surface area contributed by atoms with Gasteiger partial charge in [0.15, 0.2) is 0 Å². The van der Waals surface area contributed by atoms with Crippen LogP contribution >= 0.6 is 0 Å². The van der Waals surface area contributed by atoms with Crippen LogP contribution in [-0.2, 0) is 0 Å². The van der Waals surface area contributed by atoms with Crippen molar-refractivity contribution >= 4 is 5.69 Å². The molecule has 2 bridgehead atoms. The first-order valence-corrected chi connectivity index (χ1v) is 7.38. The maximum Gasteiger partial charge on any atom is 0.119 e. The first-order valence-electron chi connectivity index (χ1n) is 7.38. The van der Waals surface area contributed by atoms with E-state index in [1.165, 1.54) is 24.9 Å². The van der Waals surface area contributed by atoms with Crippen molar-refractivity contribution in [2.45, 2.75) is 46.1 Å². The third-order valence-corrected chi connectivity index (χ3v) is 6.22. The van der Waals surface area contributed by atoms with Crippen LogP contribution in [0.3, 0.4) is 0 Å². The maximum absolute atomic E-state index is 5.21. The average Bonchev–Trinajstić information content (AvgIpc) is 2.73. The van der Waals surface area contributed by atoms with E-state index in [1.807, 2.05) is 12.1 Å². The van der Waals surface area contributed by atoms with Gasteiger partial charge in [0, 0.05) is 11.7 Å². The van der Waals surface area contributed by atoms with Gasteiger partial charge in [0.1, 0.15) is 5.75 Å². The van der Waals surface area contributed by atoms with E-state index in [0.29, 0.717) is 16.9 Å². The van der Waals surface area contributed by atoms with Crippen LogP contribution in [0.25, 0.3) is 0 Å². The number of rotatable bonds is 3. The summed E-state index contributed by atoms with van der Waals surface area (Å²) in [6, 6.07) is 8.92. The number of benzene rings is 1. The smallest absolute Gasteiger partial charge is 0.119 e. The van der Waals surface area contributed by atoms with E-state index < -0.39 is 0 Å². The van der Waals surface area contributed by atoms with Crippen LogP contribution in [0.5, 0.6) is 5.75 Å². The molecule has 19 heavy (non-hydrogen) atoms. The van der Waals surface area contributed by atoms with Gasteiger partial charge in [-0.05, 0) is 60.3 Å². The van der Waals surface area contributed by atoms with Crippen molar-refractivity contribution in [2.24, 2.45) is 16.7 Å². The molecule has 104 valence electrons. The van der Waals surface area contributed by atoms with Crippen LogP contribution in [0.1, 0.15) is 40.0 Å².